The summed E-state index contributed by atoms with van der Waals surface area (Å²) in [6.45, 7) is 1.90. The topological polar surface area (TPSA) is 104 Å². The van der Waals surface area contributed by atoms with E-state index >= 15 is 0 Å². The molecule has 0 radical (unpaired) electrons. The van der Waals surface area contributed by atoms with E-state index in [-0.39, 0.29) is 5.82 Å². The van der Waals surface area contributed by atoms with E-state index in [4.69, 9.17) is 10.00 Å². The molecule has 102 valence electrons. The minimum absolute atomic E-state index is 0.0247. The number of carbonyl (C=O) groups excluding carboxylic acids is 1. The number of nitrogens with zero attached hydrogens (tertiary/aromatic N) is 3. The van der Waals surface area contributed by atoms with Crippen LogP contribution in [0.4, 0.5) is 5.69 Å². The van der Waals surface area contributed by atoms with E-state index in [1.807, 2.05) is 13.0 Å². The summed E-state index contributed by atoms with van der Waals surface area (Å²) in [6.07, 6.45) is 0.651. The number of para-hydroxylation sites is 1. The smallest absolute Gasteiger partial charge is 0.295 e. The zero-order valence-electron chi connectivity index (χ0n) is 11.1. The fourth-order valence-corrected chi connectivity index (χ4v) is 1.65. The summed E-state index contributed by atoms with van der Waals surface area (Å²) in [5, 5.41) is 18.2. The Morgan fingerprint density at radius 1 is 1.55 bits per heavy atom. The quantitative estimate of drug-likeness (QED) is 0.876. The van der Waals surface area contributed by atoms with Gasteiger partial charge in [-0.2, -0.15) is 5.26 Å². The van der Waals surface area contributed by atoms with Gasteiger partial charge in [0.1, 0.15) is 23.3 Å². The van der Waals surface area contributed by atoms with Crippen LogP contribution in [0.25, 0.3) is 0 Å². The van der Waals surface area contributed by atoms with Crippen LogP contribution in [0.15, 0.2) is 18.2 Å². The van der Waals surface area contributed by atoms with Crippen LogP contribution in [-0.2, 0) is 6.42 Å². The third-order valence-corrected chi connectivity index (χ3v) is 2.67. The maximum absolute atomic E-state index is 12.1. The van der Waals surface area contributed by atoms with E-state index in [0.29, 0.717) is 29.2 Å². The van der Waals surface area contributed by atoms with Crippen LogP contribution in [0.3, 0.4) is 0 Å². The predicted molar refractivity (Wildman–Crippen MR) is 71.4 cm³/mol. The molecule has 0 saturated carbocycles. The third-order valence-electron chi connectivity index (χ3n) is 2.67. The number of ether oxygens (including phenoxy) is 1. The van der Waals surface area contributed by atoms with Gasteiger partial charge in [-0.05, 0) is 12.1 Å². The average molecular weight is 271 g/mol. The lowest BCUT2D eigenvalue weighted by molar-refractivity contribution is 0.101. The molecule has 0 fully saturated rings. The second-order valence-corrected chi connectivity index (χ2v) is 3.91. The molecule has 1 amide bonds. The Hall–Kier alpha value is -2.88. The number of aromatic nitrogens is 3. The monoisotopic (exact) mass is 271 g/mol. The largest absolute Gasteiger partial charge is 0.495 e. The molecule has 0 unspecified atom stereocenters. The van der Waals surface area contributed by atoms with Gasteiger partial charge in [-0.1, -0.05) is 13.0 Å². The van der Waals surface area contributed by atoms with Crippen LogP contribution in [-0.4, -0.2) is 28.2 Å². The first-order valence-electron chi connectivity index (χ1n) is 5.99. The molecule has 0 aliphatic rings. The van der Waals surface area contributed by atoms with Crippen molar-refractivity contribution in [3.05, 3.63) is 35.4 Å². The van der Waals surface area contributed by atoms with Crippen LogP contribution < -0.4 is 10.1 Å². The minimum atomic E-state index is -0.498. The molecule has 7 heteroatoms. The van der Waals surface area contributed by atoms with Gasteiger partial charge in [0, 0.05) is 6.42 Å². The van der Waals surface area contributed by atoms with E-state index in [9.17, 15) is 4.79 Å². The van der Waals surface area contributed by atoms with Crippen LogP contribution in [0.2, 0.25) is 0 Å². The van der Waals surface area contributed by atoms with Gasteiger partial charge < -0.3 is 10.1 Å². The molecule has 2 aromatic rings. The number of nitrogens with one attached hydrogen (secondary N) is 2. The number of aryl methyl sites for hydroxylation is 1. The molecule has 2 N–H and O–H groups in total. The molecular weight excluding hydrogens is 258 g/mol. The number of anilines is 1. The number of hydrogen-bond acceptors (Lipinski definition) is 5. The van der Waals surface area contributed by atoms with Crippen molar-refractivity contribution in [3.8, 4) is 11.8 Å². The maximum atomic E-state index is 12.1. The van der Waals surface area contributed by atoms with Gasteiger partial charge in [0.25, 0.3) is 5.91 Å². The lowest BCUT2D eigenvalue weighted by Gasteiger charge is -2.10. The highest BCUT2D eigenvalue weighted by Gasteiger charge is 2.16. The number of methoxy groups -OCH3 is 1. The molecule has 0 saturated heterocycles. The van der Waals surface area contributed by atoms with Crippen molar-refractivity contribution in [2.24, 2.45) is 0 Å². The molecule has 20 heavy (non-hydrogen) atoms. The first kappa shape index (κ1) is 13.5. The number of H-pyrrole nitrogens is 1. The van der Waals surface area contributed by atoms with Crippen LogP contribution in [0.5, 0.6) is 5.75 Å². The lowest BCUT2D eigenvalue weighted by Crippen LogP contribution is -2.15. The van der Waals surface area contributed by atoms with Gasteiger partial charge in [0.15, 0.2) is 0 Å². The van der Waals surface area contributed by atoms with Gasteiger partial charge in [0.05, 0.1) is 12.7 Å². The zero-order chi connectivity index (χ0) is 14.5. The van der Waals surface area contributed by atoms with Crippen LogP contribution in [0, 0.1) is 11.3 Å². The van der Waals surface area contributed by atoms with Gasteiger partial charge >= 0.3 is 0 Å². The standard InChI is InChI=1S/C13H13N5O2/c1-3-10-15-12(18-17-10)13(19)16-11-8(7-14)5-4-6-9(11)20-2/h4-6H,3H2,1-2H3,(H,16,19)(H,15,17,18). The van der Waals surface area contributed by atoms with E-state index < -0.39 is 5.91 Å². The number of rotatable bonds is 4. The number of amides is 1. The highest BCUT2D eigenvalue weighted by Crippen LogP contribution is 2.28. The Morgan fingerprint density at radius 3 is 2.95 bits per heavy atom. The zero-order valence-corrected chi connectivity index (χ0v) is 11.1. The lowest BCUT2D eigenvalue weighted by atomic mass is 10.1. The fourth-order valence-electron chi connectivity index (χ4n) is 1.65. The van der Waals surface area contributed by atoms with Crippen molar-refractivity contribution in [1.29, 1.82) is 5.26 Å². The number of hydrogen-bond donors (Lipinski definition) is 2. The minimum Gasteiger partial charge on any atom is -0.495 e. The van der Waals surface area contributed by atoms with Gasteiger partial charge in [-0.15, -0.1) is 5.10 Å². The highest BCUT2D eigenvalue weighted by atomic mass is 16.5. The second kappa shape index (κ2) is 5.84. The Bertz CT molecular complexity index is 672. The van der Waals surface area contributed by atoms with E-state index in [0.717, 1.165) is 0 Å². The van der Waals surface area contributed by atoms with E-state index in [1.165, 1.54) is 7.11 Å². The molecule has 0 atom stereocenters. The van der Waals surface area contributed by atoms with E-state index in [1.54, 1.807) is 18.2 Å². The van der Waals surface area contributed by atoms with Crippen molar-refractivity contribution in [1.82, 2.24) is 15.2 Å². The van der Waals surface area contributed by atoms with Gasteiger partial charge in [-0.3, -0.25) is 9.89 Å². The average Bonchev–Trinajstić information content (AvgIpc) is 2.96. The van der Waals surface area contributed by atoms with Gasteiger partial charge in [0.2, 0.25) is 5.82 Å². The summed E-state index contributed by atoms with van der Waals surface area (Å²) in [7, 11) is 1.47. The van der Waals surface area contributed by atoms with E-state index in [2.05, 4.69) is 20.5 Å². The van der Waals surface area contributed by atoms with Crippen molar-refractivity contribution < 1.29 is 9.53 Å². The molecule has 0 aliphatic heterocycles. The molecular formula is C13H13N5O2. The summed E-state index contributed by atoms with van der Waals surface area (Å²) < 4.78 is 5.14. The summed E-state index contributed by atoms with van der Waals surface area (Å²) in [4.78, 5) is 16.1. The van der Waals surface area contributed by atoms with Crippen molar-refractivity contribution in [3.63, 3.8) is 0 Å². The van der Waals surface area contributed by atoms with Gasteiger partial charge in [-0.25, -0.2) is 4.98 Å². The maximum Gasteiger partial charge on any atom is 0.295 e. The molecule has 1 aromatic heterocycles. The second-order valence-electron chi connectivity index (χ2n) is 3.91. The summed E-state index contributed by atoms with van der Waals surface area (Å²) >= 11 is 0. The Labute approximate surface area is 115 Å². The molecule has 2 rings (SSSR count). The summed E-state index contributed by atoms with van der Waals surface area (Å²) in [5.41, 5.74) is 0.620. The summed E-state index contributed by atoms with van der Waals surface area (Å²) in [6, 6.07) is 6.93. The number of aromatic amines is 1. The molecule has 1 aromatic carbocycles. The molecule has 0 aliphatic carbocycles. The first-order chi connectivity index (χ1) is 9.69. The Morgan fingerprint density at radius 2 is 2.35 bits per heavy atom. The molecule has 7 nitrogen and oxygen atoms in total. The number of benzene rings is 1. The third kappa shape index (κ3) is 2.59. The SMILES string of the molecule is CCc1nc(C(=O)Nc2c(C#N)cccc2OC)n[nH]1. The highest BCUT2D eigenvalue weighted by molar-refractivity contribution is 6.03. The first-order valence-corrected chi connectivity index (χ1v) is 5.99. The van der Waals surface area contributed by atoms with Crippen LogP contribution >= 0.6 is 0 Å². The Balaban J connectivity index is 2.30. The van der Waals surface area contributed by atoms with Crippen LogP contribution in [0.1, 0.15) is 28.9 Å². The van der Waals surface area contributed by atoms with Crippen molar-refractivity contribution >= 4 is 11.6 Å². The van der Waals surface area contributed by atoms with Crippen molar-refractivity contribution in [2.45, 2.75) is 13.3 Å². The normalized spacial score (nSPS) is 9.85. The summed E-state index contributed by atoms with van der Waals surface area (Å²) in [5.74, 6) is 0.554. The predicted octanol–water partition coefficient (Wildman–Crippen LogP) is 1.50. The molecule has 0 spiro atoms. The van der Waals surface area contributed by atoms with Crippen molar-refractivity contribution in [2.75, 3.05) is 12.4 Å². The number of carbonyl (C=O) groups is 1. The molecule has 1 heterocycles. The number of nitriles is 1. The Kier molecular flexibility index (Phi) is 3.96. The molecule has 0 bridgehead atoms. The fraction of sp³-hybridized carbons (Fsp3) is 0.231.